The lowest BCUT2D eigenvalue weighted by Gasteiger charge is -2.28. The van der Waals surface area contributed by atoms with Crippen LogP contribution < -0.4 is 5.73 Å². The van der Waals surface area contributed by atoms with Gasteiger partial charge in [-0.3, -0.25) is 14.4 Å². The first-order valence-corrected chi connectivity index (χ1v) is 9.20. The smallest absolute Gasteiger partial charge is 0.350 e. The molecule has 10 heteroatoms. The summed E-state index contributed by atoms with van der Waals surface area (Å²) in [5, 5.41) is 0. The number of rotatable bonds is 8. The van der Waals surface area contributed by atoms with Crippen LogP contribution in [0.15, 0.2) is 11.3 Å². The highest BCUT2D eigenvalue weighted by molar-refractivity contribution is 7.17. The first-order chi connectivity index (χ1) is 13.3. The fourth-order valence-corrected chi connectivity index (χ4v) is 4.01. The summed E-state index contributed by atoms with van der Waals surface area (Å²) in [6.07, 6.45) is 0.123. The van der Waals surface area contributed by atoms with E-state index in [1.807, 2.05) is 0 Å². The van der Waals surface area contributed by atoms with Crippen LogP contribution in [0.3, 0.4) is 0 Å². The Morgan fingerprint density at radius 3 is 2.25 bits per heavy atom. The summed E-state index contributed by atoms with van der Waals surface area (Å²) in [6, 6.07) is 0. The maximum Gasteiger partial charge on any atom is 0.350 e. The van der Waals surface area contributed by atoms with Gasteiger partial charge < -0.3 is 24.8 Å². The molecular weight excluding hydrogens is 388 g/mol. The molecule has 1 aromatic rings. The molecule has 1 aliphatic rings. The molecule has 0 atom stereocenters. The number of fused-ring (bicyclic) bond motifs is 1. The van der Waals surface area contributed by atoms with Gasteiger partial charge in [0.25, 0.3) is 0 Å². The number of esters is 1. The summed E-state index contributed by atoms with van der Waals surface area (Å²) >= 11 is 0.811. The molecule has 2 rings (SSSR count). The molecular formula is C18H22N2O7S. The average molecular weight is 410 g/mol. The molecule has 0 bridgehead atoms. The zero-order valence-corrected chi connectivity index (χ0v) is 16.9. The van der Waals surface area contributed by atoms with Crippen LogP contribution in [0.2, 0.25) is 0 Å². The highest BCUT2D eigenvalue weighted by Gasteiger charge is 2.40. The van der Waals surface area contributed by atoms with Crippen molar-refractivity contribution in [3.05, 3.63) is 26.6 Å². The Balaban J connectivity index is 2.67. The van der Waals surface area contributed by atoms with E-state index >= 15 is 0 Å². The minimum absolute atomic E-state index is 0.0205. The van der Waals surface area contributed by atoms with Crippen molar-refractivity contribution in [1.29, 1.82) is 0 Å². The van der Waals surface area contributed by atoms with Gasteiger partial charge in [-0.05, 0) is 0 Å². The van der Waals surface area contributed by atoms with E-state index in [1.54, 1.807) is 0 Å². The van der Waals surface area contributed by atoms with E-state index in [0.717, 1.165) is 11.3 Å². The molecule has 0 fully saturated rings. The number of anilines is 1. The topological polar surface area (TPSA) is 125 Å². The van der Waals surface area contributed by atoms with Gasteiger partial charge >= 0.3 is 5.97 Å². The van der Waals surface area contributed by atoms with E-state index in [9.17, 15) is 19.2 Å². The highest BCUT2D eigenvalue weighted by atomic mass is 32.1. The number of hydrogen-bond acceptors (Lipinski definition) is 9. The van der Waals surface area contributed by atoms with E-state index < -0.39 is 23.4 Å². The molecule has 0 spiro atoms. The second-order valence-corrected chi connectivity index (χ2v) is 6.95. The largest absolute Gasteiger partial charge is 0.465 e. The number of ketones is 2. The maximum absolute atomic E-state index is 13.3. The van der Waals surface area contributed by atoms with Gasteiger partial charge in [-0.1, -0.05) is 0 Å². The first kappa shape index (κ1) is 21.7. The molecule has 1 aliphatic carbocycles. The number of carbonyl (C=O) groups is 4. The monoisotopic (exact) mass is 410 g/mol. The van der Waals surface area contributed by atoms with Crippen molar-refractivity contribution in [2.45, 2.75) is 13.3 Å². The Hall–Kier alpha value is -2.56. The molecule has 2 N–H and O–H groups in total. The van der Waals surface area contributed by atoms with E-state index in [4.69, 9.17) is 15.2 Å². The lowest BCUT2D eigenvalue weighted by Crippen LogP contribution is -2.39. The number of thiophene rings is 1. The van der Waals surface area contributed by atoms with Gasteiger partial charge in [0.15, 0.2) is 0 Å². The third-order valence-corrected chi connectivity index (χ3v) is 5.43. The molecule has 1 aromatic heterocycles. The molecule has 1 heterocycles. The maximum atomic E-state index is 13.3. The van der Waals surface area contributed by atoms with E-state index in [1.165, 1.54) is 33.2 Å². The van der Waals surface area contributed by atoms with Gasteiger partial charge in [-0.25, -0.2) is 4.79 Å². The van der Waals surface area contributed by atoms with Gasteiger partial charge in [0.2, 0.25) is 17.5 Å². The molecule has 1 amide bonds. The van der Waals surface area contributed by atoms with Crippen LogP contribution in [0.5, 0.6) is 0 Å². The normalized spacial score (nSPS) is 13.6. The van der Waals surface area contributed by atoms with Crippen molar-refractivity contribution in [2.24, 2.45) is 0 Å². The third kappa shape index (κ3) is 3.84. The molecule has 0 saturated heterocycles. The second-order valence-electron chi connectivity index (χ2n) is 5.93. The van der Waals surface area contributed by atoms with Crippen LogP contribution in [-0.2, 0) is 19.0 Å². The molecule has 0 aliphatic heterocycles. The van der Waals surface area contributed by atoms with Crippen molar-refractivity contribution < 1.29 is 33.4 Å². The summed E-state index contributed by atoms with van der Waals surface area (Å²) < 4.78 is 14.7. The molecule has 0 aromatic carbocycles. The molecule has 152 valence electrons. The lowest BCUT2D eigenvalue weighted by molar-refractivity contribution is -0.127. The van der Waals surface area contributed by atoms with Crippen molar-refractivity contribution in [3.63, 3.8) is 0 Å². The molecule has 0 unspecified atom stereocenters. The number of methoxy groups -OCH3 is 3. The Morgan fingerprint density at radius 1 is 1.07 bits per heavy atom. The number of hydrogen-bond donors (Lipinski definition) is 1. The Labute approximate surface area is 166 Å². The van der Waals surface area contributed by atoms with Gasteiger partial charge in [-0.15, -0.1) is 11.3 Å². The highest BCUT2D eigenvalue weighted by Crippen LogP contribution is 2.40. The Morgan fingerprint density at radius 2 is 1.71 bits per heavy atom. The zero-order valence-electron chi connectivity index (χ0n) is 16.1. The van der Waals surface area contributed by atoms with Gasteiger partial charge in [-0.2, -0.15) is 0 Å². The minimum Gasteiger partial charge on any atom is -0.465 e. The molecule has 9 nitrogen and oxygen atoms in total. The standard InChI is InChI=1S/C18H22N2O7S/c1-9(21)20(6-8-26-3)13-10(5-7-25-2)14(22)16-11(15(13)23)12(19)17(28-16)18(24)27-4/h5-8,19H2,1-4H3. The average Bonchev–Trinajstić information content (AvgIpc) is 3.02. The van der Waals surface area contributed by atoms with Crippen LogP contribution >= 0.6 is 11.3 Å². The van der Waals surface area contributed by atoms with E-state index in [-0.39, 0.29) is 58.5 Å². The van der Waals surface area contributed by atoms with E-state index in [2.05, 4.69) is 4.74 Å². The number of nitrogen functional groups attached to an aromatic ring is 1. The van der Waals surface area contributed by atoms with Crippen LogP contribution in [0.25, 0.3) is 0 Å². The first-order valence-electron chi connectivity index (χ1n) is 8.39. The number of carbonyl (C=O) groups excluding carboxylic acids is 4. The molecule has 0 radical (unpaired) electrons. The fourth-order valence-electron chi connectivity index (χ4n) is 2.90. The number of nitrogens with two attached hydrogens (primary N) is 1. The quantitative estimate of drug-likeness (QED) is 0.636. The van der Waals surface area contributed by atoms with Crippen LogP contribution in [-0.4, -0.2) is 69.4 Å². The van der Waals surface area contributed by atoms with Gasteiger partial charge in [0.1, 0.15) is 4.88 Å². The number of nitrogens with zero attached hydrogens (tertiary/aromatic N) is 1. The van der Waals surface area contributed by atoms with Crippen molar-refractivity contribution >= 4 is 40.5 Å². The zero-order chi connectivity index (χ0) is 21.0. The number of allylic oxidation sites excluding steroid dienone is 1. The second kappa shape index (κ2) is 9.09. The van der Waals surface area contributed by atoms with Crippen molar-refractivity contribution in [3.8, 4) is 0 Å². The number of amides is 1. The number of Topliss-reactive ketones (excluding diaryl/α,β-unsaturated/α-hetero) is 2. The summed E-state index contributed by atoms with van der Waals surface area (Å²) in [5.41, 5.74) is 5.89. The fraction of sp³-hybridized carbons (Fsp3) is 0.444. The minimum atomic E-state index is -0.736. The molecule has 0 saturated carbocycles. The SMILES string of the molecule is COCCC1=C(N(CCOC)C(C)=O)C(=O)c2c(sc(C(=O)OC)c2N)C1=O. The van der Waals surface area contributed by atoms with Crippen molar-refractivity contribution in [1.82, 2.24) is 4.90 Å². The summed E-state index contributed by atoms with van der Waals surface area (Å²) in [5.74, 6) is -2.21. The summed E-state index contributed by atoms with van der Waals surface area (Å²) in [4.78, 5) is 51.8. The Kier molecular flexibility index (Phi) is 7.05. The van der Waals surface area contributed by atoms with Gasteiger partial charge in [0.05, 0.1) is 42.1 Å². The van der Waals surface area contributed by atoms with E-state index in [0.29, 0.717) is 0 Å². The van der Waals surface area contributed by atoms with Crippen LogP contribution in [0.1, 0.15) is 43.0 Å². The van der Waals surface area contributed by atoms with Gasteiger partial charge in [0, 0.05) is 39.7 Å². The third-order valence-electron chi connectivity index (χ3n) is 4.25. The molecule has 28 heavy (non-hydrogen) atoms. The number of ether oxygens (including phenoxy) is 3. The van der Waals surface area contributed by atoms with Crippen molar-refractivity contribution in [2.75, 3.05) is 46.8 Å². The predicted octanol–water partition coefficient (Wildman–Crippen LogP) is 1.28. The predicted molar refractivity (Wildman–Crippen MR) is 102 cm³/mol. The summed E-state index contributed by atoms with van der Waals surface area (Å²) in [6.45, 7) is 1.72. The lowest BCUT2D eigenvalue weighted by atomic mass is 9.89. The van der Waals surface area contributed by atoms with Crippen LogP contribution in [0.4, 0.5) is 5.69 Å². The van der Waals surface area contributed by atoms with Crippen LogP contribution in [0, 0.1) is 0 Å². The Bertz CT molecular complexity index is 856. The summed E-state index contributed by atoms with van der Waals surface area (Å²) in [7, 11) is 4.11.